The van der Waals surface area contributed by atoms with Crippen LogP contribution in [-0.2, 0) is 6.54 Å². The van der Waals surface area contributed by atoms with Crippen molar-refractivity contribution in [3.8, 4) is 0 Å². The zero-order valence-corrected chi connectivity index (χ0v) is 10.3. The largest absolute Gasteiger partial charge is 0.395 e. The molecule has 0 fully saturated rings. The van der Waals surface area contributed by atoms with Crippen LogP contribution in [0, 0.1) is 5.82 Å². The van der Waals surface area contributed by atoms with Crippen molar-refractivity contribution in [1.82, 2.24) is 4.90 Å². The molecule has 4 heteroatoms. The van der Waals surface area contributed by atoms with Crippen LogP contribution in [0.2, 0.25) is 0 Å². The fourth-order valence-corrected chi connectivity index (χ4v) is 1.80. The summed E-state index contributed by atoms with van der Waals surface area (Å²) in [7, 11) is 0. The summed E-state index contributed by atoms with van der Waals surface area (Å²) >= 11 is 3.31. The van der Waals surface area contributed by atoms with Crippen LogP contribution in [-0.4, -0.2) is 29.7 Å². The zero-order valence-electron chi connectivity index (χ0n) is 8.71. The molecule has 0 spiro atoms. The van der Waals surface area contributed by atoms with Gasteiger partial charge in [-0.2, -0.15) is 0 Å². The van der Waals surface area contributed by atoms with E-state index < -0.39 is 0 Å². The minimum atomic E-state index is -0.199. The summed E-state index contributed by atoms with van der Waals surface area (Å²) in [6.45, 7) is 3.99. The average Bonchev–Trinajstić information content (AvgIpc) is 2.22. The Hall–Kier alpha value is -0.450. The van der Waals surface area contributed by atoms with Crippen molar-refractivity contribution in [2.45, 2.75) is 13.5 Å². The van der Waals surface area contributed by atoms with E-state index in [0.29, 0.717) is 18.7 Å². The summed E-state index contributed by atoms with van der Waals surface area (Å²) < 4.78 is 14.3. The van der Waals surface area contributed by atoms with Crippen LogP contribution in [0.25, 0.3) is 0 Å². The molecule has 0 aromatic heterocycles. The third kappa shape index (κ3) is 3.89. The monoisotopic (exact) mass is 275 g/mol. The van der Waals surface area contributed by atoms with Gasteiger partial charge in [0.05, 0.1) is 6.61 Å². The highest BCUT2D eigenvalue weighted by Crippen LogP contribution is 2.17. The van der Waals surface area contributed by atoms with Gasteiger partial charge in [-0.25, -0.2) is 4.39 Å². The van der Waals surface area contributed by atoms with Gasteiger partial charge in [-0.1, -0.05) is 22.9 Å². The molecule has 15 heavy (non-hydrogen) atoms. The van der Waals surface area contributed by atoms with Crippen LogP contribution in [0.3, 0.4) is 0 Å². The molecule has 1 aromatic rings. The average molecular weight is 276 g/mol. The van der Waals surface area contributed by atoms with Crippen LogP contribution in [0.15, 0.2) is 22.7 Å². The predicted molar refractivity (Wildman–Crippen MR) is 62.1 cm³/mol. The Morgan fingerprint density at radius 3 is 2.80 bits per heavy atom. The number of aliphatic hydroxyl groups excluding tert-OH is 1. The first-order valence-electron chi connectivity index (χ1n) is 4.94. The van der Waals surface area contributed by atoms with E-state index in [9.17, 15) is 4.39 Å². The number of halogens is 2. The molecular formula is C11H15BrFNO. The van der Waals surface area contributed by atoms with Gasteiger partial charge in [0.25, 0.3) is 0 Å². The summed E-state index contributed by atoms with van der Waals surface area (Å²) in [5.41, 5.74) is 0.652. The summed E-state index contributed by atoms with van der Waals surface area (Å²) in [6, 6.07) is 4.91. The molecular weight excluding hydrogens is 261 g/mol. The summed E-state index contributed by atoms with van der Waals surface area (Å²) in [5, 5.41) is 8.83. The van der Waals surface area contributed by atoms with Gasteiger partial charge in [0, 0.05) is 23.1 Å². The number of benzene rings is 1. The van der Waals surface area contributed by atoms with Gasteiger partial charge in [0.1, 0.15) is 5.82 Å². The van der Waals surface area contributed by atoms with E-state index in [1.165, 1.54) is 6.07 Å². The smallest absolute Gasteiger partial charge is 0.127 e. The summed E-state index contributed by atoms with van der Waals surface area (Å²) in [4.78, 5) is 1.99. The third-order valence-corrected chi connectivity index (χ3v) is 2.76. The molecule has 0 saturated carbocycles. The van der Waals surface area contributed by atoms with Crippen LogP contribution in [0.1, 0.15) is 12.5 Å². The van der Waals surface area contributed by atoms with E-state index in [2.05, 4.69) is 15.9 Å². The van der Waals surface area contributed by atoms with Crippen molar-refractivity contribution in [1.29, 1.82) is 0 Å². The lowest BCUT2D eigenvalue weighted by Crippen LogP contribution is -2.26. The second-order valence-electron chi connectivity index (χ2n) is 3.33. The highest BCUT2D eigenvalue weighted by molar-refractivity contribution is 9.10. The summed E-state index contributed by atoms with van der Waals surface area (Å²) in [5.74, 6) is -0.199. The van der Waals surface area contributed by atoms with Crippen LogP contribution < -0.4 is 0 Å². The predicted octanol–water partition coefficient (Wildman–Crippen LogP) is 2.40. The maximum absolute atomic E-state index is 13.4. The molecule has 0 aliphatic heterocycles. The zero-order chi connectivity index (χ0) is 11.3. The molecule has 1 rings (SSSR count). The lowest BCUT2D eigenvalue weighted by atomic mass is 10.2. The summed E-state index contributed by atoms with van der Waals surface area (Å²) in [6.07, 6.45) is 0. The topological polar surface area (TPSA) is 23.5 Å². The second-order valence-corrected chi connectivity index (χ2v) is 4.24. The van der Waals surface area contributed by atoms with Crippen molar-refractivity contribution in [3.05, 3.63) is 34.1 Å². The van der Waals surface area contributed by atoms with Crippen LogP contribution in [0.5, 0.6) is 0 Å². The van der Waals surface area contributed by atoms with Gasteiger partial charge in [-0.3, -0.25) is 4.90 Å². The van der Waals surface area contributed by atoms with E-state index in [4.69, 9.17) is 5.11 Å². The van der Waals surface area contributed by atoms with Crippen molar-refractivity contribution in [2.24, 2.45) is 0 Å². The molecule has 0 amide bonds. The SMILES string of the molecule is CCN(CCO)Cc1cc(Br)ccc1F. The Kier molecular flexibility index (Phi) is 5.22. The first kappa shape index (κ1) is 12.6. The number of aliphatic hydroxyl groups is 1. The molecule has 0 heterocycles. The maximum atomic E-state index is 13.4. The quantitative estimate of drug-likeness (QED) is 0.892. The van der Waals surface area contributed by atoms with Gasteiger partial charge in [-0.15, -0.1) is 0 Å². The van der Waals surface area contributed by atoms with Crippen LogP contribution in [0.4, 0.5) is 4.39 Å². The van der Waals surface area contributed by atoms with E-state index in [-0.39, 0.29) is 12.4 Å². The molecule has 0 saturated heterocycles. The maximum Gasteiger partial charge on any atom is 0.127 e. The van der Waals surface area contributed by atoms with Gasteiger partial charge in [0.15, 0.2) is 0 Å². The number of hydrogen-bond acceptors (Lipinski definition) is 2. The van der Waals surface area contributed by atoms with Crippen molar-refractivity contribution in [2.75, 3.05) is 19.7 Å². The molecule has 0 aliphatic carbocycles. The Morgan fingerprint density at radius 2 is 2.20 bits per heavy atom. The molecule has 1 N–H and O–H groups in total. The molecule has 1 aromatic carbocycles. The molecule has 2 nitrogen and oxygen atoms in total. The standard InChI is InChI=1S/C11H15BrFNO/c1-2-14(5-6-15)8-9-7-10(12)3-4-11(9)13/h3-4,7,15H,2,5-6,8H2,1H3. The number of hydrogen-bond donors (Lipinski definition) is 1. The minimum absolute atomic E-state index is 0.101. The number of rotatable bonds is 5. The molecule has 0 unspecified atom stereocenters. The van der Waals surface area contributed by atoms with Gasteiger partial charge >= 0.3 is 0 Å². The van der Waals surface area contributed by atoms with Crippen LogP contribution >= 0.6 is 15.9 Å². The van der Waals surface area contributed by atoms with Gasteiger partial charge in [0.2, 0.25) is 0 Å². The molecule has 0 aliphatic rings. The van der Waals surface area contributed by atoms with E-state index >= 15 is 0 Å². The number of likely N-dealkylation sites (N-methyl/N-ethyl adjacent to an activating group) is 1. The highest BCUT2D eigenvalue weighted by atomic mass is 79.9. The van der Waals surface area contributed by atoms with Crippen molar-refractivity contribution < 1.29 is 9.50 Å². The molecule has 0 radical (unpaired) electrons. The molecule has 0 bridgehead atoms. The van der Waals surface area contributed by atoms with E-state index in [1.54, 1.807) is 12.1 Å². The first-order chi connectivity index (χ1) is 7.17. The second kappa shape index (κ2) is 6.20. The van der Waals surface area contributed by atoms with E-state index in [0.717, 1.165) is 11.0 Å². The Labute approximate surface area is 97.8 Å². The lowest BCUT2D eigenvalue weighted by molar-refractivity contribution is 0.195. The van der Waals surface area contributed by atoms with E-state index in [1.807, 2.05) is 11.8 Å². The van der Waals surface area contributed by atoms with Crippen molar-refractivity contribution >= 4 is 15.9 Å². The number of nitrogens with zero attached hydrogens (tertiary/aromatic N) is 1. The van der Waals surface area contributed by atoms with Gasteiger partial charge in [-0.05, 0) is 24.7 Å². The first-order valence-corrected chi connectivity index (χ1v) is 5.73. The fourth-order valence-electron chi connectivity index (χ4n) is 1.40. The Morgan fingerprint density at radius 1 is 1.47 bits per heavy atom. The Balaban J connectivity index is 2.73. The third-order valence-electron chi connectivity index (χ3n) is 2.27. The van der Waals surface area contributed by atoms with Crippen molar-refractivity contribution in [3.63, 3.8) is 0 Å². The minimum Gasteiger partial charge on any atom is -0.395 e. The Bertz CT molecular complexity index is 319. The lowest BCUT2D eigenvalue weighted by Gasteiger charge is -2.19. The fraction of sp³-hybridized carbons (Fsp3) is 0.455. The molecule has 84 valence electrons. The normalized spacial score (nSPS) is 11.0. The van der Waals surface area contributed by atoms with Gasteiger partial charge < -0.3 is 5.11 Å². The highest BCUT2D eigenvalue weighted by Gasteiger charge is 2.07. The molecule has 0 atom stereocenters.